The fourth-order valence-corrected chi connectivity index (χ4v) is 4.12. The third kappa shape index (κ3) is 5.65. The standard InChI is InChI=1S/C23H32N8O2/c1-2-3-18(15-32)27-21-20-19(28-23(24)29-21)12-26-31(22(20)33)14-17-6-4-16(5-7-17)13-30-10-8-25-9-11-30/h4-7,12,18,25,32H,2-3,8-11,13-15H2,1H3,(H3,24,27,28,29)/t18-/m0/s1. The topological polar surface area (TPSA) is 134 Å². The third-order valence-electron chi connectivity index (χ3n) is 5.89. The van der Waals surface area contributed by atoms with Gasteiger partial charge in [-0.2, -0.15) is 10.1 Å². The van der Waals surface area contributed by atoms with Gasteiger partial charge >= 0.3 is 0 Å². The molecule has 1 aromatic carbocycles. The van der Waals surface area contributed by atoms with E-state index < -0.39 is 0 Å². The molecule has 176 valence electrons. The second kappa shape index (κ2) is 10.7. The first-order valence-corrected chi connectivity index (χ1v) is 11.5. The van der Waals surface area contributed by atoms with Gasteiger partial charge in [-0.25, -0.2) is 9.67 Å². The summed E-state index contributed by atoms with van der Waals surface area (Å²) in [6, 6.07) is 8.07. The van der Waals surface area contributed by atoms with Gasteiger partial charge in [0.2, 0.25) is 5.95 Å². The Morgan fingerprint density at radius 1 is 1.15 bits per heavy atom. The summed E-state index contributed by atoms with van der Waals surface area (Å²) in [5.41, 5.74) is 8.16. The summed E-state index contributed by atoms with van der Waals surface area (Å²) in [6.07, 6.45) is 3.15. The molecule has 2 aromatic heterocycles. The van der Waals surface area contributed by atoms with Crippen LogP contribution in [0.15, 0.2) is 35.3 Å². The summed E-state index contributed by atoms with van der Waals surface area (Å²) in [5.74, 6) is 0.384. The molecule has 5 N–H and O–H groups in total. The van der Waals surface area contributed by atoms with E-state index in [0.717, 1.165) is 51.1 Å². The summed E-state index contributed by atoms with van der Waals surface area (Å²) in [4.78, 5) is 24.1. The van der Waals surface area contributed by atoms with Crippen LogP contribution in [-0.4, -0.2) is 68.6 Å². The minimum Gasteiger partial charge on any atom is -0.394 e. The number of hydrogen-bond donors (Lipinski definition) is 4. The van der Waals surface area contributed by atoms with Gasteiger partial charge in [0.05, 0.1) is 25.4 Å². The number of nitrogens with zero attached hydrogens (tertiary/aromatic N) is 5. The van der Waals surface area contributed by atoms with Crippen LogP contribution in [0.2, 0.25) is 0 Å². The maximum atomic E-state index is 13.3. The van der Waals surface area contributed by atoms with Gasteiger partial charge in [-0.3, -0.25) is 9.69 Å². The highest BCUT2D eigenvalue weighted by Gasteiger charge is 2.17. The van der Waals surface area contributed by atoms with Gasteiger partial charge in [-0.1, -0.05) is 37.6 Å². The number of piperazine rings is 1. The molecule has 1 atom stereocenters. The highest BCUT2D eigenvalue weighted by Crippen LogP contribution is 2.19. The molecule has 1 saturated heterocycles. The molecular formula is C23H32N8O2. The van der Waals surface area contributed by atoms with Crippen molar-refractivity contribution in [1.29, 1.82) is 0 Å². The molecule has 1 aliphatic heterocycles. The summed E-state index contributed by atoms with van der Waals surface area (Å²) in [7, 11) is 0. The van der Waals surface area contributed by atoms with Crippen LogP contribution >= 0.6 is 0 Å². The fraction of sp³-hybridized carbons (Fsp3) is 0.478. The summed E-state index contributed by atoms with van der Waals surface area (Å²) >= 11 is 0. The van der Waals surface area contributed by atoms with E-state index in [1.54, 1.807) is 0 Å². The molecule has 0 aliphatic carbocycles. The molecule has 0 bridgehead atoms. The zero-order chi connectivity index (χ0) is 23.2. The molecule has 0 radical (unpaired) electrons. The minimum atomic E-state index is -0.298. The van der Waals surface area contributed by atoms with Gasteiger partial charge in [0.15, 0.2) is 0 Å². The SMILES string of the molecule is CCC[C@@H](CO)Nc1nc(N)nc2cnn(Cc3ccc(CN4CCNCC4)cc3)c(=O)c12. The van der Waals surface area contributed by atoms with Gasteiger partial charge in [-0.15, -0.1) is 0 Å². The average Bonchev–Trinajstić information content (AvgIpc) is 2.82. The number of fused-ring (bicyclic) bond motifs is 1. The average molecular weight is 453 g/mol. The van der Waals surface area contributed by atoms with Crippen LogP contribution in [0, 0.1) is 0 Å². The van der Waals surface area contributed by atoms with Gasteiger partial charge in [0.25, 0.3) is 5.56 Å². The minimum absolute atomic E-state index is 0.0530. The Balaban J connectivity index is 1.56. The lowest BCUT2D eigenvalue weighted by molar-refractivity contribution is 0.233. The van der Waals surface area contributed by atoms with Crippen molar-refractivity contribution >= 4 is 22.7 Å². The van der Waals surface area contributed by atoms with Crippen molar-refractivity contribution in [3.8, 4) is 0 Å². The van der Waals surface area contributed by atoms with Gasteiger partial charge in [0, 0.05) is 32.7 Å². The maximum absolute atomic E-state index is 13.3. The Kier molecular flexibility index (Phi) is 7.48. The maximum Gasteiger partial charge on any atom is 0.280 e. The second-order valence-corrected chi connectivity index (χ2v) is 8.45. The van der Waals surface area contributed by atoms with Gasteiger partial charge in [-0.05, 0) is 17.5 Å². The first kappa shape index (κ1) is 23.1. The van der Waals surface area contributed by atoms with E-state index in [1.807, 2.05) is 19.1 Å². The van der Waals surface area contributed by atoms with Gasteiger partial charge in [0.1, 0.15) is 16.7 Å². The van der Waals surface area contributed by atoms with Crippen LogP contribution in [0.4, 0.5) is 11.8 Å². The molecule has 4 rings (SSSR count). The van der Waals surface area contributed by atoms with Crippen molar-refractivity contribution in [1.82, 2.24) is 30.0 Å². The zero-order valence-corrected chi connectivity index (χ0v) is 19.0. The Morgan fingerprint density at radius 3 is 2.52 bits per heavy atom. The first-order chi connectivity index (χ1) is 16.1. The number of aliphatic hydroxyl groups is 1. The van der Waals surface area contributed by atoms with Gasteiger partial charge < -0.3 is 21.5 Å². The third-order valence-corrected chi connectivity index (χ3v) is 5.89. The first-order valence-electron chi connectivity index (χ1n) is 11.5. The number of aliphatic hydroxyl groups excluding tert-OH is 1. The summed E-state index contributed by atoms with van der Waals surface area (Å²) < 4.78 is 1.41. The molecule has 1 aliphatic rings. The van der Waals surface area contributed by atoms with Crippen molar-refractivity contribution in [2.75, 3.05) is 43.8 Å². The lowest BCUT2D eigenvalue weighted by atomic mass is 10.1. The number of anilines is 2. The van der Waals surface area contributed by atoms with Crippen molar-refractivity contribution in [2.45, 2.75) is 38.9 Å². The number of rotatable bonds is 9. The predicted molar refractivity (Wildman–Crippen MR) is 129 cm³/mol. The normalized spacial score (nSPS) is 15.6. The largest absolute Gasteiger partial charge is 0.394 e. The molecule has 10 nitrogen and oxygen atoms in total. The van der Waals surface area contributed by atoms with E-state index in [4.69, 9.17) is 5.73 Å². The Bertz CT molecular complexity index is 1130. The van der Waals surface area contributed by atoms with Crippen LogP contribution in [0.3, 0.4) is 0 Å². The predicted octanol–water partition coefficient (Wildman–Crippen LogP) is 0.795. The van der Waals surface area contributed by atoms with Crippen LogP contribution in [0.25, 0.3) is 10.9 Å². The highest BCUT2D eigenvalue weighted by atomic mass is 16.3. The van der Waals surface area contributed by atoms with E-state index >= 15 is 0 Å². The Hall–Kier alpha value is -3.08. The number of aromatic nitrogens is 4. The highest BCUT2D eigenvalue weighted by molar-refractivity contribution is 5.88. The number of nitrogens with one attached hydrogen (secondary N) is 2. The second-order valence-electron chi connectivity index (χ2n) is 8.45. The number of nitrogen functional groups attached to an aromatic ring is 1. The molecule has 0 unspecified atom stereocenters. The monoisotopic (exact) mass is 452 g/mol. The zero-order valence-electron chi connectivity index (χ0n) is 19.0. The van der Waals surface area contributed by atoms with Crippen molar-refractivity contribution in [3.05, 3.63) is 51.9 Å². The van der Waals surface area contributed by atoms with E-state index in [0.29, 0.717) is 23.3 Å². The molecule has 3 aromatic rings. The molecule has 0 saturated carbocycles. The van der Waals surface area contributed by atoms with E-state index in [2.05, 4.69) is 42.7 Å². The summed E-state index contributed by atoms with van der Waals surface area (Å²) in [6.45, 7) is 7.38. The Labute approximate surface area is 192 Å². The number of hydrogen-bond acceptors (Lipinski definition) is 9. The quantitative estimate of drug-likeness (QED) is 0.372. The molecule has 33 heavy (non-hydrogen) atoms. The lowest BCUT2D eigenvalue weighted by Gasteiger charge is -2.27. The lowest BCUT2D eigenvalue weighted by Crippen LogP contribution is -2.42. The fourth-order valence-electron chi connectivity index (χ4n) is 4.12. The smallest absolute Gasteiger partial charge is 0.280 e. The number of benzene rings is 1. The van der Waals surface area contributed by atoms with Crippen molar-refractivity contribution in [3.63, 3.8) is 0 Å². The van der Waals surface area contributed by atoms with Crippen molar-refractivity contribution in [2.24, 2.45) is 0 Å². The van der Waals surface area contributed by atoms with Crippen LogP contribution in [0.1, 0.15) is 30.9 Å². The van der Waals surface area contributed by atoms with Crippen molar-refractivity contribution < 1.29 is 5.11 Å². The molecule has 10 heteroatoms. The van der Waals surface area contributed by atoms with E-state index in [1.165, 1.54) is 16.4 Å². The van der Waals surface area contributed by atoms with Crippen LogP contribution in [0.5, 0.6) is 0 Å². The van der Waals surface area contributed by atoms with E-state index in [9.17, 15) is 9.90 Å². The molecular weight excluding hydrogens is 420 g/mol. The van der Waals surface area contributed by atoms with Crippen LogP contribution < -0.4 is 21.9 Å². The molecule has 0 amide bonds. The van der Waals surface area contributed by atoms with Crippen LogP contribution in [-0.2, 0) is 13.1 Å². The molecule has 3 heterocycles. The summed E-state index contributed by atoms with van der Waals surface area (Å²) in [5, 5.41) is 20.8. The van der Waals surface area contributed by atoms with E-state index in [-0.39, 0.29) is 24.2 Å². The molecule has 1 fully saturated rings. The molecule has 0 spiro atoms. The number of nitrogens with two attached hydrogens (primary N) is 1. The Morgan fingerprint density at radius 2 is 1.85 bits per heavy atom.